The van der Waals surface area contributed by atoms with Crippen LogP contribution in [0.15, 0.2) is 12.4 Å². The molecule has 1 aliphatic carbocycles. The van der Waals surface area contributed by atoms with Crippen LogP contribution in [0.1, 0.15) is 18.4 Å². The van der Waals surface area contributed by atoms with Gasteiger partial charge >= 0.3 is 0 Å². The molecule has 0 aromatic carbocycles. The second kappa shape index (κ2) is 8.23. The number of morpholine rings is 1. The number of halogens is 2. The Morgan fingerprint density at radius 2 is 1.77 bits per heavy atom. The summed E-state index contributed by atoms with van der Waals surface area (Å²) in [6.07, 6.45) is 3.76. The van der Waals surface area contributed by atoms with E-state index in [9.17, 15) is 8.78 Å². The Morgan fingerprint density at radius 1 is 1.10 bits per heavy atom. The average molecular weight is 421 g/mol. The fraction of sp³-hybridized carbons (Fsp3) is 0.579. The summed E-state index contributed by atoms with van der Waals surface area (Å²) in [5.41, 5.74) is 8.08. The predicted molar refractivity (Wildman–Crippen MR) is 108 cm³/mol. The Balaban J connectivity index is 0.00000106. The van der Waals surface area contributed by atoms with E-state index < -0.39 is 5.92 Å². The number of aliphatic hydroxyl groups excluding tert-OH is 1. The maximum absolute atomic E-state index is 13.5. The number of rotatable bonds is 3. The lowest BCUT2D eigenvalue weighted by atomic mass is 9.87. The first-order valence-electron chi connectivity index (χ1n) is 9.91. The number of nitrogens with zero attached hydrogens (tertiary/aromatic N) is 6. The highest BCUT2D eigenvalue weighted by molar-refractivity contribution is 5.72. The van der Waals surface area contributed by atoms with Gasteiger partial charge in [0.05, 0.1) is 18.9 Å². The van der Waals surface area contributed by atoms with Crippen molar-refractivity contribution in [2.75, 3.05) is 55.5 Å². The molecule has 4 heterocycles. The number of anilines is 3. The topological polar surface area (TPSA) is 114 Å². The number of aliphatic hydroxyl groups is 1. The molecule has 0 bridgehead atoms. The molecule has 0 amide bonds. The van der Waals surface area contributed by atoms with Crippen LogP contribution in [0.4, 0.5) is 26.5 Å². The third-order valence-corrected chi connectivity index (χ3v) is 5.60. The SMILES string of the molecule is CO.Nc1ncc(-c2nc(N3CCOCC3)nc3c2CCN3C2CC(F)(F)C2)cn1. The highest BCUT2D eigenvalue weighted by Crippen LogP contribution is 2.45. The van der Waals surface area contributed by atoms with E-state index in [1.165, 1.54) is 0 Å². The molecule has 2 aliphatic heterocycles. The zero-order valence-electron chi connectivity index (χ0n) is 16.8. The normalized spacial score (nSPS) is 20.3. The van der Waals surface area contributed by atoms with Crippen molar-refractivity contribution in [1.82, 2.24) is 19.9 Å². The van der Waals surface area contributed by atoms with E-state index in [1.54, 1.807) is 12.4 Å². The van der Waals surface area contributed by atoms with Gasteiger partial charge in [0, 0.05) is 69.1 Å². The Morgan fingerprint density at radius 3 is 2.40 bits per heavy atom. The van der Waals surface area contributed by atoms with Crippen LogP contribution in [-0.2, 0) is 11.2 Å². The van der Waals surface area contributed by atoms with E-state index in [-0.39, 0.29) is 24.8 Å². The Hall–Kier alpha value is -2.66. The second-order valence-electron chi connectivity index (χ2n) is 7.47. The summed E-state index contributed by atoms with van der Waals surface area (Å²) in [6.45, 7) is 3.27. The first-order chi connectivity index (χ1) is 14.5. The van der Waals surface area contributed by atoms with Gasteiger partial charge in [-0.1, -0.05) is 0 Å². The standard InChI is InChI=1S/C18H21F2N7O.CH4O/c19-18(20)7-12(8-18)27-2-1-13-14(11-9-22-16(21)23-10-11)24-17(25-15(13)27)26-3-5-28-6-4-26;1-2/h9-10,12H,1-8H2,(H2,21,22,23);2H,1H3. The van der Waals surface area contributed by atoms with Crippen LogP contribution < -0.4 is 15.5 Å². The van der Waals surface area contributed by atoms with Crippen molar-refractivity contribution in [1.29, 1.82) is 0 Å². The van der Waals surface area contributed by atoms with E-state index in [1.807, 2.05) is 4.90 Å². The van der Waals surface area contributed by atoms with E-state index in [4.69, 9.17) is 25.5 Å². The predicted octanol–water partition coefficient (Wildman–Crippen LogP) is 1.12. The van der Waals surface area contributed by atoms with E-state index in [2.05, 4.69) is 14.9 Å². The monoisotopic (exact) mass is 421 g/mol. The minimum atomic E-state index is -2.57. The summed E-state index contributed by atoms with van der Waals surface area (Å²) in [5.74, 6) is -1.03. The molecule has 162 valence electrons. The minimum absolute atomic E-state index is 0.121. The Labute approximate surface area is 172 Å². The van der Waals surface area contributed by atoms with Gasteiger partial charge < -0.3 is 25.4 Å². The number of nitrogen functional groups attached to an aromatic ring is 1. The third kappa shape index (κ3) is 3.86. The average Bonchev–Trinajstić information content (AvgIpc) is 3.18. The number of ether oxygens (including phenoxy) is 1. The van der Waals surface area contributed by atoms with Gasteiger partial charge in [-0.15, -0.1) is 0 Å². The highest BCUT2D eigenvalue weighted by Gasteiger charge is 2.49. The molecule has 0 radical (unpaired) electrons. The largest absolute Gasteiger partial charge is 0.400 e. The first-order valence-corrected chi connectivity index (χ1v) is 9.91. The molecule has 9 nitrogen and oxygen atoms in total. The van der Waals surface area contributed by atoms with Gasteiger partial charge in [-0.25, -0.2) is 23.7 Å². The Kier molecular flexibility index (Phi) is 5.65. The van der Waals surface area contributed by atoms with Crippen LogP contribution in [0.5, 0.6) is 0 Å². The number of fused-ring (bicyclic) bond motifs is 1. The van der Waals surface area contributed by atoms with Crippen LogP contribution in [0.2, 0.25) is 0 Å². The molecule has 1 saturated carbocycles. The fourth-order valence-corrected chi connectivity index (χ4v) is 4.08. The maximum atomic E-state index is 13.5. The van der Waals surface area contributed by atoms with Crippen LogP contribution in [0.25, 0.3) is 11.3 Å². The van der Waals surface area contributed by atoms with Crippen molar-refractivity contribution in [2.45, 2.75) is 31.2 Å². The van der Waals surface area contributed by atoms with Crippen molar-refractivity contribution in [3.63, 3.8) is 0 Å². The molecule has 0 unspecified atom stereocenters. The summed E-state index contributed by atoms with van der Waals surface area (Å²) in [5, 5.41) is 7.00. The first kappa shape index (κ1) is 20.6. The molecule has 30 heavy (non-hydrogen) atoms. The fourth-order valence-electron chi connectivity index (χ4n) is 4.08. The molecular formula is C19H25F2N7O2. The van der Waals surface area contributed by atoms with Gasteiger partial charge in [0.1, 0.15) is 5.82 Å². The molecule has 5 rings (SSSR count). The molecule has 2 aromatic heterocycles. The van der Waals surface area contributed by atoms with Gasteiger partial charge in [0.25, 0.3) is 5.92 Å². The van der Waals surface area contributed by atoms with Crippen molar-refractivity contribution in [2.24, 2.45) is 0 Å². The summed E-state index contributed by atoms with van der Waals surface area (Å²) in [6, 6.07) is -0.181. The van der Waals surface area contributed by atoms with Crippen molar-refractivity contribution in [3.05, 3.63) is 18.0 Å². The van der Waals surface area contributed by atoms with Crippen molar-refractivity contribution < 1.29 is 18.6 Å². The van der Waals surface area contributed by atoms with Crippen LogP contribution >= 0.6 is 0 Å². The van der Waals surface area contributed by atoms with Crippen LogP contribution in [-0.4, -0.2) is 77.0 Å². The summed E-state index contributed by atoms with van der Waals surface area (Å²) in [7, 11) is 1.00. The molecular weight excluding hydrogens is 396 g/mol. The molecule has 3 aliphatic rings. The number of nitrogens with two attached hydrogens (primary N) is 1. The zero-order valence-corrected chi connectivity index (χ0v) is 16.8. The van der Waals surface area contributed by atoms with Gasteiger partial charge in [-0.05, 0) is 6.42 Å². The molecule has 2 fully saturated rings. The molecule has 0 spiro atoms. The van der Waals surface area contributed by atoms with E-state index in [0.717, 1.165) is 29.7 Å². The zero-order chi connectivity index (χ0) is 21.3. The van der Waals surface area contributed by atoms with Gasteiger partial charge in [-0.2, -0.15) is 4.98 Å². The van der Waals surface area contributed by atoms with Crippen molar-refractivity contribution >= 4 is 17.7 Å². The molecule has 3 N–H and O–H groups in total. The van der Waals surface area contributed by atoms with Gasteiger partial charge in [-0.3, -0.25) is 0 Å². The lowest BCUT2D eigenvalue weighted by Gasteiger charge is -2.41. The Bertz CT molecular complexity index is 883. The van der Waals surface area contributed by atoms with Gasteiger partial charge in [0.2, 0.25) is 11.9 Å². The molecule has 2 aromatic rings. The molecule has 0 atom stereocenters. The summed E-state index contributed by atoms with van der Waals surface area (Å²) in [4.78, 5) is 21.8. The van der Waals surface area contributed by atoms with Crippen molar-refractivity contribution in [3.8, 4) is 11.3 Å². The lowest BCUT2D eigenvalue weighted by Crippen LogP contribution is -2.50. The van der Waals surface area contributed by atoms with E-state index in [0.29, 0.717) is 45.2 Å². The minimum Gasteiger partial charge on any atom is -0.400 e. The van der Waals surface area contributed by atoms with Crippen LogP contribution in [0.3, 0.4) is 0 Å². The highest BCUT2D eigenvalue weighted by atomic mass is 19.3. The van der Waals surface area contributed by atoms with E-state index >= 15 is 0 Å². The number of alkyl halides is 2. The number of hydrogen-bond donors (Lipinski definition) is 2. The maximum Gasteiger partial charge on any atom is 0.252 e. The third-order valence-electron chi connectivity index (χ3n) is 5.60. The smallest absolute Gasteiger partial charge is 0.252 e. The lowest BCUT2D eigenvalue weighted by molar-refractivity contribution is -0.0855. The quantitative estimate of drug-likeness (QED) is 0.753. The second-order valence-corrected chi connectivity index (χ2v) is 7.47. The molecule has 11 heteroatoms. The number of hydrogen-bond acceptors (Lipinski definition) is 9. The number of aromatic nitrogens is 4. The molecule has 1 saturated heterocycles. The van der Waals surface area contributed by atoms with Gasteiger partial charge in [0.15, 0.2) is 0 Å². The summed E-state index contributed by atoms with van der Waals surface area (Å²) >= 11 is 0. The van der Waals surface area contributed by atoms with Crippen LogP contribution in [0, 0.1) is 0 Å². The summed E-state index contributed by atoms with van der Waals surface area (Å²) < 4.78 is 32.3.